The highest BCUT2D eigenvalue weighted by molar-refractivity contribution is 5.92. The van der Waals surface area contributed by atoms with Gasteiger partial charge in [0.2, 0.25) is 5.95 Å². The number of aliphatic hydroxyl groups excluding tert-OH is 2. The van der Waals surface area contributed by atoms with E-state index in [-0.39, 0.29) is 41.5 Å². The molecule has 0 spiro atoms. The Morgan fingerprint density at radius 2 is 1.43 bits per heavy atom. The number of fused-ring (bicyclic) bond motifs is 5. The SMILES string of the molecule is C[C@]12CC[C@@H](O)C[C@H]1CC[C@@H]1[C@@H]2C(=O)C[C@@]2(C)[C@H]1CC[C@]2(O)C(=O)CO.F/C(=C(\F)C(F)(F)F)N1C(F)(F)C(F)(F)C(F)(F)C1(F)F. The Labute approximate surface area is 258 Å². The molecular weight excluding hydrogens is 677 g/mol. The van der Waals surface area contributed by atoms with E-state index in [4.69, 9.17) is 0 Å². The van der Waals surface area contributed by atoms with Gasteiger partial charge in [0.15, 0.2) is 5.78 Å². The molecule has 47 heavy (non-hydrogen) atoms. The fraction of sp³-hybridized carbons (Fsp3) is 0.857. The largest absolute Gasteiger partial charge is 0.447 e. The zero-order valence-corrected chi connectivity index (χ0v) is 24.8. The Balaban J connectivity index is 0.000000219. The molecule has 270 valence electrons. The summed E-state index contributed by atoms with van der Waals surface area (Å²) in [6, 6.07) is -13.7. The number of hydrogen-bond donors (Lipinski definition) is 3. The summed E-state index contributed by atoms with van der Waals surface area (Å²) in [7, 11) is 0. The molecule has 0 unspecified atom stereocenters. The van der Waals surface area contributed by atoms with E-state index in [1.165, 1.54) is 0 Å². The monoisotopic (exact) mass is 709 g/mol. The smallest absolute Gasteiger partial charge is 0.393 e. The number of carbonyl (C=O) groups is 2. The molecule has 5 rings (SSSR count). The van der Waals surface area contributed by atoms with Gasteiger partial charge in [-0.15, -0.1) is 0 Å². The number of hydrogen-bond acceptors (Lipinski definition) is 6. The summed E-state index contributed by atoms with van der Waals surface area (Å²) in [4.78, 5) is 22.5. The van der Waals surface area contributed by atoms with E-state index in [9.17, 15) is 82.0 Å². The number of likely N-dealkylation sites (tertiary alicyclic amines) is 1. The number of ketones is 2. The predicted molar refractivity (Wildman–Crippen MR) is 132 cm³/mol. The fourth-order valence-corrected chi connectivity index (χ4v) is 8.94. The fourth-order valence-electron chi connectivity index (χ4n) is 8.94. The lowest BCUT2D eigenvalue weighted by Gasteiger charge is -2.60. The second-order valence-corrected chi connectivity index (χ2v) is 13.7. The summed E-state index contributed by atoms with van der Waals surface area (Å²) >= 11 is 0. The molecule has 6 nitrogen and oxygen atoms in total. The molecule has 5 aliphatic rings. The van der Waals surface area contributed by atoms with Gasteiger partial charge in [0.05, 0.1) is 6.10 Å². The van der Waals surface area contributed by atoms with Gasteiger partial charge in [0, 0.05) is 17.8 Å². The van der Waals surface area contributed by atoms with Gasteiger partial charge in [-0.1, -0.05) is 13.8 Å². The minimum atomic E-state index is -6.97. The van der Waals surface area contributed by atoms with Crippen molar-refractivity contribution in [1.29, 1.82) is 0 Å². The average molecular weight is 710 g/mol. The van der Waals surface area contributed by atoms with Crippen LogP contribution in [0.5, 0.6) is 0 Å². The molecule has 8 atom stereocenters. The van der Waals surface area contributed by atoms with E-state index in [0.717, 1.165) is 38.5 Å². The molecule has 3 N–H and O–H groups in total. The number of allylic oxidation sites excluding steroid dienone is 1. The van der Waals surface area contributed by atoms with Crippen molar-refractivity contribution in [3.63, 3.8) is 0 Å². The first-order chi connectivity index (χ1) is 21.1. The summed E-state index contributed by atoms with van der Waals surface area (Å²) in [5.74, 6) is -22.1. The van der Waals surface area contributed by atoms with Crippen LogP contribution in [0.3, 0.4) is 0 Å². The van der Waals surface area contributed by atoms with E-state index in [2.05, 4.69) is 6.92 Å². The maximum atomic E-state index is 13.4. The Morgan fingerprint density at radius 3 is 1.91 bits per heavy atom. The Hall–Kier alpha value is -2.15. The van der Waals surface area contributed by atoms with E-state index >= 15 is 0 Å². The van der Waals surface area contributed by atoms with E-state index in [1.807, 2.05) is 6.92 Å². The number of aliphatic hydroxyl groups is 3. The van der Waals surface area contributed by atoms with Gasteiger partial charge < -0.3 is 15.3 Å². The van der Waals surface area contributed by atoms with Crippen molar-refractivity contribution in [3.05, 3.63) is 11.8 Å². The van der Waals surface area contributed by atoms with Crippen LogP contribution in [0, 0.1) is 34.5 Å². The average Bonchev–Trinajstić information content (AvgIpc) is 3.25. The Bertz CT molecular complexity index is 1300. The molecule has 0 aromatic heterocycles. The molecule has 0 aromatic carbocycles. The maximum Gasteiger partial charge on any atom is 0.447 e. The van der Waals surface area contributed by atoms with Crippen molar-refractivity contribution in [1.82, 2.24) is 4.90 Å². The first-order valence-electron chi connectivity index (χ1n) is 14.6. The summed E-state index contributed by atoms with van der Waals surface area (Å²) in [6.07, 6.45) is -1.01. The molecule has 0 amide bonds. The first kappa shape index (κ1) is 37.7. The maximum absolute atomic E-state index is 13.4. The highest BCUT2D eigenvalue weighted by Gasteiger charge is 2.94. The summed E-state index contributed by atoms with van der Waals surface area (Å²) in [5, 5.41) is 30.6. The highest BCUT2D eigenvalue weighted by atomic mass is 19.4. The van der Waals surface area contributed by atoms with Crippen LogP contribution >= 0.6 is 0 Å². The lowest BCUT2D eigenvalue weighted by molar-refractivity contribution is -0.303. The van der Waals surface area contributed by atoms with Gasteiger partial charge in [-0.2, -0.15) is 57.1 Å². The van der Waals surface area contributed by atoms with E-state index in [0.29, 0.717) is 12.3 Å². The predicted octanol–water partition coefficient (Wildman–Crippen LogP) is 6.29. The zero-order chi connectivity index (χ0) is 36.1. The molecule has 1 aliphatic heterocycles. The normalized spacial score (nSPS) is 42.0. The Kier molecular flexibility index (Phi) is 8.96. The molecule has 1 heterocycles. The van der Waals surface area contributed by atoms with Crippen molar-refractivity contribution in [2.45, 2.75) is 107 Å². The summed E-state index contributed by atoms with van der Waals surface area (Å²) < 4.78 is 161. The van der Waals surface area contributed by atoms with Gasteiger partial charge in [-0.3, -0.25) is 9.59 Å². The Morgan fingerprint density at radius 1 is 0.894 bits per heavy atom. The molecule has 1 saturated heterocycles. The van der Waals surface area contributed by atoms with Crippen LogP contribution in [0.15, 0.2) is 11.8 Å². The topological polar surface area (TPSA) is 98.1 Å². The molecule has 0 radical (unpaired) electrons. The van der Waals surface area contributed by atoms with Crippen LogP contribution < -0.4 is 0 Å². The van der Waals surface area contributed by atoms with E-state index in [1.54, 1.807) is 0 Å². The van der Waals surface area contributed by atoms with Crippen molar-refractivity contribution in [2.24, 2.45) is 34.5 Å². The van der Waals surface area contributed by atoms with Crippen LogP contribution in [-0.2, 0) is 9.59 Å². The van der Waals surface area contributed by atoms with E-state index < -0.39 is 70.2 Å². The molecule has 0 bridgehead atoms. The number of nitrogens with zero attached hydrogens (tertiary/aromatic N) is 1. The second kappa shape index (κ2) is 11.2. The molecule has 4 saturated carbocycles. The highest BCUT2D eigenvalue weighted by Crippen LogP contribution is 2.68. The van der Waals surface area contributed by atoms with Gasteiger partial charge >= 0.3 is 30.1 Å². The molecule has 5 fully saturated rings. The zero-order valence-electron chi connectivity index (χ0n) is 24.8. The molecule has 19 heteroatoms. The van der Waals surface area contributed by atoms with Crippen LogP contribution in [0.1, 0.15) is 65.2 Å². The first-order valence-corrected chi connectivity index (χ1v) is 14.6. The van der Waals surface area contributed by atoms with Crippen LogP contribution in [-0.4, -0.2) is 80.2 Å². The van der Waals surface area contributed by atoms with Crippen LogP contribution in [0.25, 0.3) is 0 Å². The molecule has 4 aliphatic carbocycles. The van der Waals surface area contributed by atoms with Crippen molar-refractivity contribution >= 4 is 11.6 Å². The number of alkyl halides is 11. The standard InChI is InChI=1S/C21H32O5.C7F13N/c1-19-7-5-13(23)9-12(19)3-4-14-15-6-8-21(26,17(25)11-22)20(15,2)10-16(24)18(14)19;8-1(3(10,11)12)2(9)21-6(17,18)4(13,14)5(15,16)7(21,19)20/h12-15,18,22-23,26H,3-11H2,1-2H3;/b;2-1+/t12-,13-,14+,15+,18-,19+,20+,21+;/m1./s1. The van der Waals surface area contributed by atoms with Gasteiger partial charge in [-0.05, 0) is 68.1 Å². The third kappa shape index (κ3) is 5.01. The lowest BCUT2D eigenvalue weighted by Crippen LogP contribution is -2.62. The van der Waals surface area contributed by atoms with Gasteiger partial charge in [0.25, 0.3) is 5.83 Å². The van der Waals surface area contributed by atoms with Gasteiger partial charge in [0.1, 0.15) is 18.0 Å². The third-order valence-corrected chi connectivity index (χ3v) is 11.4. The van der Waals surface area contributed by atoms with Crippen LogP contribution in [0.4, 0.5) is 57.1 Å². The molecule has 0 aromatic rings. The number of rotatable bonds is 3. The number of carbonyl (C=O) groups excluding carboxylic acids is 2. The second-order valence-electron chi connectivity index (χ2n) is 13.7. The third-order valence-electron chi connectivity index (χ3n) is 11.4. The quantitative estimate of drug-likeness (QED) is 0.236. The summed E-state index contributed by atoms with van der Waals surface area (Å²) in [6.45, 7) is 3.46. The number of Topliss-reactive ketones (excluding diaryl/α,β-unsaturated/α-hetero) is 2. The lowest BCUT2D eigenvalue weighted by atomic mass is 9.44. The van der Waals surface area contributed by atoms with Gasteiger partial charge in [-0.25, -0.2) is 4.90 Å². The van der Waals surface area contributed by atoms with Crippen molar-refractivity contribution in [2.75, 3.05) is 6.61 Å². The number of halogens is 13. The van der Waals surface area contributed by atoms with Crippen molar-refractivity contribution < 1.29 is 82.0 Å². The summed E-state index contributed by atoms with van der Waals surface area (Å²) in [5.41, 5.74) is -2.40. The minimum Gasteiger partial charge on any atom is -0.393 e. The molecular formula is C28H32F13NO5. The minimum absolute atomic E-state index is 0.0154. The van der Waals surface area contributed by atoms with Crippen molar-refractivity contribution in [3.8, 4) is 0 Å². The van der Waals surface area contributed by atoms with Crippen LogP contribution in [0.2, 0.25) is 0 Å².